The van der Waals surface area contributed by atoms with Crippen LogP contribution in [-0.2, 0) is 0 Å². The summed E-state index contributed by atoms with van der Waals surface area (Å²) in [6.45, 7) is 1.78. The molecule has 0 aliphatic rings. The van der Waals surface area contributed by atoms with Crippen molar-refractivity contribution in [1.82, 2.24) is 9.97 Å². The van der Waals surface area contributed by atoms with Crippen molar-refractivity contribution in [3.63, 3.8) is 0 Å². The zero-order valence-electron chi connectivity index (χ0n) is 13.8. The van der Waals surface area contributed by atoms with Crippen LogP contribution in [0.2, 0.25) is 5.02 Å². The zero-order chi connectivity index (χ0) is 17.8. The molecule has 1 amide bonds. The van der Waals surface area contributed by atoms with Crippen LogP contribution in [0.1, 0.15) is 16.1 Å². The molecular weight excluding hydrogens is 338 g/mol. The largest absolute Gasteiger partial charge is 0.497 e. The van der Waals surface area contributed by atoms with Gasteiger partial charge in [-0.15, -0.1) is 0 Å². The van der Waals surface area contributed by atoms with E-state index in [0.717, 1.165) is 11.3 Å². The fraction of sp³-hybridized carbons (Fsp3) is 0.105. The number of hydrogen-bond donors (Lipinski definition) is 1. The third-order valence-electron chi connectivity index (χ3n) is 3.67. The van der Waals surface area contributed by atoms with Gasteiger partial charge in [0.25, 0.3) is 5.91 Å². The van der Waals surface area contributed by atoms with Gasteiger partial charge < -0.3 is 10.1 Å². The van der Waals surface area contributed by atoms with Gasteiger partial charge in [0.15, 0.2) is 5.82 Å². The Balaban J connectivity index is 1.81. The molecule has 0 bridgehead atoms. The van der Waals surface area contributed by atoms with Gasteiger partial charge in [0.2, 0.25) is 0 Å². The highest BCUT2D eigenvalue weighted by atomic mass is 35.5. The maximum atomic E-state index is 12.4. The van der Waals surface area contributed by atoms with Crippen molar-refractivity contribution in [1.29, 1.82) is 0 Å². The molecule has 0 unspecified atom stereocenters. The summed E-state index contributed by atoms with van der Waals surface area (Å²) in [5.74, 6) is 1.06. The second-order valence-electron chi connectivity index (χ2n) is 5.38. The van der Waals surface area contributed by atoms with Crippen molar-refractivity contribution in [2.75, 3.05) is 12.4 Å². The molecule has 5 nitrogen and oxygen atoms in total. The van der Waals surface area contributed by atoms with E-state index in [1.807, 2.05) is 24.3 Å². The van der Waals surface area contributed by atoms with Crippen molar-refractivity contribution in [2.45, 2.75) is 6.92 Å². The van der Waals surface area contributed by atoms with Crippen molar-refractivity contribution < 1.29 is 9.53 Å². The summed E-state index contributed by atoms with van der Waals surface area (Å²) in [4.78, 5) is 21.2. The van der Waals surface area contributed by atoms with Crippen LogP contribution in [0.15, 0.2) is 54.7 Å². The molecule has 3 rings (SSSR count). The Morgan fingerprint density at radius 2 is 1.76 bits per heavy atom. The molecule has 1 aromatic heterocycles. The van der Waals surface area contributed by atoms with Crippen molar-refractivity contribution >= 4 is 23.2 Å². The highest BCUT2D eigenvalue weighted by Crippen LogP contribution is 2.20. The second kappa shape index (κ2) is 7.32. The molecule has 0 fully saturated rings. The molecule has 0 atom stereocenters. The predicted molar refractivity (Wildman–Crippen MR) is 98.2 cm³/mol. The Hall–Kier alpha value is -2.92. The quantitative estimate of drug-likeness (QED) is 0.756. The van der Waals surface area contributed by atoms with Gasteiger partial charge in [0.05, 0.1) is 18.4 Å². The van der Waals surface area contributed by atoms with Crippen LogP contribution in [0, 0.1) is 6.92 Å². The number of carbonyl (C=O) groups excluding carboxylic acids is 1. The van der Waals surface area contributed by atoms with Crippen LogP contribution in [-0.4, -0.2) is 23.0 Å². The first-order valence-electron chi connectivity index (χ1n) is 7.62. The number of aromatic nitrogens is 2. The fourth-order valence-corrected chi connectivity index (χ4v) is 2.43. The molecule has 25 heavy (non-hydrogen) atoms. The number of nitrogens with zero attached hydrogens (tertiary/aromatic N) is 2. The highest BCUT2D eigenvalue weighted by molar-refractivity contribution is 6.30. The summed E-state index contributed by atoms with van der Waals surface area (Å²) >= 11 is 5.84. The second-order valence-corrected chi connectivity index (χ2v) is 5.82. The summed E-state index contributed by atoms with van der Waals surface area (Å²) in [6, 6.07) is 14.3. The number of rotatable bonds is 4. The zero-order valence-corrected chi connectivity index (χ0v) is 14.5. The Labute approximate surface area is 150 Å². The minimum atomic E-state index is -0.263. The lowest BCUT2D eigenvalue weighted by atomic mass is 10.1. The van der Waals surface area contributed by atoms with Gasteiger partial charge in [-0.05, 0) is 55.5 Å². The molecule has 126 valence electrons. The number of halogens is 1. The van der Waals surface area contributed by atoms with Crippen LogP contribution >= 0.6 is 11.6 Å². The van der Waals surface area contributed by atoms with E-state index in [9.17, 15) is 4.79 Å². The van der Waals surface area contributed by atoms with Crippen LogP contribution < -0.4 is 10.1 Å². The average Bonchev–Trinajstić information content (AvgIpc) is 2.63. The van der Waals surface area contributed by atoms with Crippen LogP contribution in [0.5, 0.6) is 5.75 Å². The first-order chi connectivity index (χ1) is 12.1. The van der Waals surface area contributed by atoms with Crippen LogP contribution in [0.25, 0.3) is 11.4 Å². The van der Waals surface area contributed by atoms with Crippen molar-refractivity contribution in [3.05, 3.63) is 71.0 Å². The molecule has 0 aliphatic heterocycles. The number of ether oxygens (including phenoxy) is 1. The first kappa shape index (κ1) is 16.9. The molecule has 0 spiro atoms. The normalized spacial score (nSPS) is 10.4. The SMILES string of the molecule is COc1ccc(-c2ncc(C(=O)Nc3ccc(Cl)cc3)c(C)n2)cc1. The Kier molecular flexibility index (Phi) is 4.95. The summed E-state index contributed by atoms with van der Waals surface area (Å²) in [5.41, 5.74) is 2.54. The molecule has 0 radical (unpaired) electrons. The lowest BCUT2D eigenvalue weighted by Crippen LogP contribution is -2.15. The molecule has 1 heterocycles. The van der Waals surface area contributed by atoms with E-state index in [-0.39, 0.29) is 5.91 Å². The lowest BCUT2D eigenvalue weighted by Gasteiger charge is -2.09. The maximum Gasteiger partial charge on any atom is 0.259 e. The van der Waals surface area contributed by atoms with E-state index in [0.29, 0.717) is 27.8 Å². The van der Waals surface area contributed by atoms with Gasteiger partial charge in [0, 0.05) is 22.5 Å². The number of carbonyl (C=O) groups is 1. The van der Waals surface area contributed by atoms with Gasteiger partial charge in [0.1, 0.15) is 5.75 Å². The van der Waals surface area contributed by atoms with E-state index in [2.05, 4.69) is 15.3 Å². The van der Waals surface area contributed by atoms with Gasteiger partial charge in [-0.2, -0.15) is 0 Å². The molecule has 6 heteroatoms. The monoisotopic (exact) mass is 353 g/mol. The summed E-state index contributed by atoms with van der Waals surface area (Å²) in [7, 11) is 1.61. The fourth-order valence-electron chi connectivity index (χ4n) is 2.30. The van der Waals surface area contributed by atoms with Gasteiger partial charge in [-0.3, -0.25) is 4.79 Å². The molecule has 2 aromatic carbocycles. The molecule has 0 saturated carbocycles. The average molecular weight is 354 g/mol. The summed E-state index contributed by atoms with van der Waals surface area (Å²) in [5, 5.41) is 3.42. The molecule has 0 saturated heterocycles. The number of aryl methyl sites for hydroxylation is 1. The van der Waals surface area contributed by atoms with Gasteiger partial charge >= 0.3 is 0 Å². The van der Waals surface area contributed by atoms with Crippen molar-refractivity contribution in [3.8, 4) is 17.1 Å². The smallest absolute Gasteiger partial charge is 0.259 e. The number of methoxy groups -OCH3 is 1. The standard InChI is InChI=1S/C19H16ClN3O2/c1-12-17(19(24)23-15-7-5-14(20)6-8-15)11-21-18(22-12)13-3-9-16(25-2)10-4-13/h3-11H,1-2H3,(H,23,24). The third kappa shape index (κ3) is 3.95. The van der Waals surface area contributed by atoms with Gasteiger partial charge in [-0.1, -0.05) is 11.6 Å². The van der Waals surface area contributed by atoms with E-state index in [1.54, 1.807) is 38.3 Å². The molecule has 1 N–H and O–H groups in total. The van der Waals surface area contributed by atoms with E-state index >= 15 is 0 Å². The molecular formula is C19H16ClN3O2. The maximum absolute atomic E-state index is 12.4. The summed E-state index contributed by atoms with van der Waals surface area (Å²) in [6.07, 6.45) is 1.53. The topological polar surface area (TPSA) is 64.1 Å². The lowest BCUT2D eigenvalue weighted by molar-refractivity contribution is 0.102. The highest BCUT2D eigenvalue weighted by Gasteiger charge is 2.13. The van der Waals surface area contributed by atoms with Crippen LogP contribution in [0.3, 0.4) is 0 Å². The minimum absolute atomic E-state index is 0.263. The van der Waals surface area contributed by atoms with Crippen molar-refractivity contribution in [2.24, 2.45) is 0 Å². The third-order valence-corrected chi connectivity index (χ3v) is 3.93. The number of amides is 1. The molecule has 0 aliphatic carbocycles. The predicted octanol–water partition coefficient (Wildman–Crippen LogP) is 4.37. The number of nitrogens with one attached hydrogen (secondary N) is 1. The minimum Gasteiger partial charge on any atom is -0.497 e. The van der Waals surface area contributed by atoms with E-state index in [1.165, 1.54) is 6.20 Å². The van der Waals surface area contributed by atoms with Gasteiger partial charge in [-0.25, -0.2) is 9.97 Å². The number of anilines is 1. The summed E-state index contributed by atoms with van der Waals surface area (Å²) < 4.78 is 5.14. The Morgan fingerprint density at radius 1 is 1.08 bits per heavy atom. The van der Waals surface area contributed by atoms with E-state index < -0.39 is 0 Å². The van der Waals surface area contributed by atoms with E-state index in [4.69, 9.17) is 16.3 Å². The molecule has 3 aromatic rings. The number of benzene rings is 2. The Morgan fingerprint density at radius 3 is 2.36 bits per heavy atom. The van der Waals surface area contributed by atoms with Crippen LogP contribution in [0.4, 0.5) is 5.69 Å². The Bertz CT molecular complexity index is 894. The first-order valence-corrected chi connectivity index (χ1v) is 7.99. The number of hydrogen-bond acceptors (Lipinski definition) is 4.